The van der Waals surface area contributed by atoms with Crippen molar-refractivity contribution in [2.24, 2.45) is 5.73 Å². The number of carboxylic acids is 1. The van der Waals surface area contributed by atoms with Gasteiger partial charge >= 0.3 is 5.97 Å². The van der Waals surface area contributed by atoms with Gasteiger partial charge in [0.15, 0.2) is 0 Å². The van der Waals surface area contributed by atoms with E-state index in [1.54, 1.807) is 0 Å². The topological polar surface area (TPSA) is 113 Å². The van der Waals surface area contributed by atoms with Gasteiger partial charge in [-0.05, 0) is 60.7 Å². The number of carboxylic acid groups (broad SMARTS) is 1. The molecule has 3 aromatic carbocycles. The Morgan fingerprint density at radius 2 is 1.61 bits per heavy atom. The summed E-state index contributed by atoms with van der Waals surface area (Å²) in [6.45, 7) is 4.23. The van der Waals surface area contributed by atoms with Crippen LogP contribution in [0.1, 0.15) is 46.4 Å². The predicted octanol–water partition coefficient (Wildman–Crippen LogP) is 5.16. The van der Waals surface area contributed by atoms with Gasteiger partial charge < -0.3 is 15.7 Å². The van der Waals surface area contributed by atoms with Crippen LogP contribution in [0.2, 0.25) is 5.02 Å². The Morgan fingerprint density at radius 1 is 0.878 bits per heavy atom. The second-order valence-corrected chi connectivity index (χ2v) is 10.8. The molecule has 4 aromatic rings. The van der Waals surface area contributed by atoms with Crippen molar-refractivity contribution in [2.45, 2.75) is 38.8 Å². The number of nitrogens with two attached hydrogens (primary N) is 1. The van der Waals surface area contributed by atoms with Gasteiger partial charge in [-0.25, -0.2) is 9.97 Å². The molecule has 1 aliphatic rings. The summed E-state index contributed by atoms with van der Waals surface area (Å²) in [5, 5.41) is 9.65. The Morgan fingerprint density at radius 3 is 2.32 bits per heavy atom. The van der Waals surface area contributed by atoms with E-state index in [1.807, 2.05) is 59.5 Å². The molecule has 3 N–H and O–H groups in total. The molecule has 2 heterocycles. The molecule has 0 bridgehead atoms. The van der Waals surface area contributed by atoms with Crippen molar-refractivity contribution in [1.82, 2.24) is 19.8 Å². The fourth-order valence-corrected chi connectivity index (χ4v) is 5.38. The Balaban J connectivity index is 1.32. The maximum absolute atomic E-state index is 13.5. The highest BCUT2D eigenvalue weighted by atomic mass is 35.5. The van der Waals surface area contributed by atoms with E-state index in [9.17, 15) is 9.59 Å². The number of carbonyl (C=O) groups is 2. The second-order valence-electron chi connectivity index (χ2n) is 10.4. The van der Waals surface area contributed by atoms with Crippen LogP contribution in [0.3, 0.4) is 0 Å². The maximum Gasteiger partial charge on any atom is 0.303 e. The number of unbranched alkanes of at least 4 members (excludes halogenated alkanes) is 1. The molecule has 5 rings (SSSR count). The molecule has 0 radical (unpaired) electrons. The van der Waals surface area contributed by atoms with Crippen LogP contribution in [0.15, 0.2) is 66.7 Å². The van der Waals surface area contributed by atoms with E-state index < -0.39 is 5.97 Å². The minimum atomic E-state index is -0.808. The largest absolute Gasteiger partial charge is 0.481 e. The van der Waals surface area contributed by atoms with Crippen molar-refractivity contribution >= 4 is 34.5 Å². The molecule has 0 atom stereocenters. The van der Waals surface area contributed by atoms with Gasteiger partial charge in [0, 0.05) is 61.8 Å². The number of fused-ring (bicyclic) bond motifs is 1. The Hall–Kier alpha value is -3.85. The van der Waals surface area contributed by atoms with Crippen molar-refractivity contribution in [1.29, 1.82) is 0 Å². The number of amides is 1. The Labute approximate surface area is 244 Å². The number of halogens is 1. The highest BCUT2D eigenvalue weighted by Gasteiger charge is 2.23. The molecule has 1 amide bonds. The highest BCUT2D eigenvalue weighted by Crippen LogP contribution is 2.27. The van der Waals surface area contributed by atoms with Crippen molar-refractivity contribution in [2.75, 3.05) is 26.2 Å². The van der Waals surface area contributed by atoms with Gasteiger partial charge in [-0.15, -0.1) is 0 Å². The van der Waals surface area contributed by atoms with Crippen LogP contribution in [0.4, 0.5) is 0 Å². The summed E-state index contributed by atoms with van der Waals surface area (Å²) >= 11 is 6.10. The van der Waals surface area contributed by atoms with Crippen molar-refractivity contribution in [3.8, 4) is 11.3 Å². The Bertz CT molecular complexity index is 1530. The van der Waals surface area contributed by atoms with Crippen molar-refractivity contribution < 1.29 is 14.7 Å². The number of carbonyl (C=O) groups excluding carboxylic acids is 1. The van der Waals surface area contributed by atoms with E-state index in [-0.39, 0.29) is 12.3 Å². The van der Waals surface area contributed by atoms with E-state index in [0.29, 0.717) is 60.5 Å². The lowest BCUT2D eigenvalue weighted by atomic mass is 10.0. The normalized spacial score (nSPS) is 14.0. The van der Waals surface area contributed by atoms with Gasteiger partial charge in [-0.3, -0.25) is 14.5 Å². The molecular weight excluding hydrogens is 538 g/mol. The molecule has 212 valence electrons. The first-order chi connectivity index (χ1) is 19.9. The molecule has 0 aliphatic carbocycles. The molecule has 0 spiro atoms. The fraction of sp³-hybridized carbons (Fsp3) is 0.312. The number of aromatic nitrogens is 2. The van der Waals surface area contributed by atoms with E-state index in [4.69, 9.17) is 32.4 Å². The minimum absolute atomic E-state index is 0.0134. The molecule has 0 saturated carbocycles. The number of hydrogen-bond acceptors (Lipinski definition) is 6. The summed E-state index contributed by atoms with van der Waals surface area (Å²) in [6.07, 6.45) is 1.92. The van der Waals surface area contributed by atoms with Gasteiger partial charge in [0.05, 0.1) is 22.4 Å². The standard InChI is InChI=1S/C32H34ClN5O3/c33-26-12-9-22(10-13-26)31-28(7-3-4-8-30(39)40)35-29-19-23(11-14-27(29)36-31)32(41)38-17-15-37(16-18-38)21-25-6-2-1-5-24(25)20-34/h1-2,5-6,9-14,19H,3-4,7-8,15-18,20-21,34H2,(H,39,40). The third-order valence-electron chi connectivity index (χ3n) is 7.55. The highest BCUT2D eigenvalue weighted by molar-refractivity contribution is 6.30. The van der Waals surface area contributed by atoms with Crippen LogP contribution in [0.25, 0.3) is 22.3 Å². The monoisotopic (exact) mass is 571 g/mol. The molecule has 1 fully saturated rings. The molecule has 1 saturated heterocycles. The average Bonchev–Trinajstić information content (AvgIpc) is 2.99. The quantitative estimate of drug-likeness (QED) is 0.253. The summed E-state index contributed by atoms with van der Waals surface area (Å²) in [5.41, 5.74) is 12.7. The third-order valence-corrected chi connectivity index (χ3v) is 7.80. The van der Waals surface area contributed by atoms with E-state index >= 15 is 0 Å². The van der Waals surface area contributed by atoms with Crippen molar-refractivity contribution in [3.05, 3.63) is 94.1 Å². The second kappa shape index (κ2) is 13.2. The predicted molar refractivity (Wildman–Crippen MR) is 161 cm³/mol. The summed E-state index contributed by atoms with van der Waals surface area (Å²) in [6, 6.07) is 21.2. The van der Waals surface area contributed by atoms with Crippen LogP contribution in [-0.2, 0) is 24.3 Å². The zero-order valence-corrected chi connectivity index (χ0v) is 23.7. The van der Waals surface area contributed by atoms with Crippen LogP contribution in [0, 0.1) is 0 Å². The summed E-state index contributed by atoms with van der Waals surface area (Å²) in [5.74, 6) is -0.822. The fourth-order valence-electron chi connectivity index (χ4n) is 5.25. The van der Waals surface area contributed by atoms with Crippen LogP contribution in [0.5, 0.6) is 0 Å². The lowest BCUT2D eigenvalue weighted by Crippen LogP contribution is -2.48. The van der Waals surface area contributed by atoms with Crippen LogP contribution in [-0.4, -0.2) is 62.9 Å². The number of aryl methyl sites for hydroxylation is 1. The molecular formula is C32H34ClN5O3. The number of aliphatic carboxylic acids is 1. The molecule has 1 aliphatic heterocycles. The average molecular weight is 572 g/mol. The summed E-state index contributed by atoms with van der Waals surface area (Å²) in [7, 11) is 0. The van der Waals surface area contributed by atoms with Crippen molar-refractivity contribution in [3.63, 3.8) is 0 Å². The zero-order valence-electron chi connectivity index (χ0n) is 22.9. The van der Waals surface area contributed by atoms with Gasteiger partial charge in [-0.1, -0.05) is 48.0 Å². The molecule has 1 aromatic heterocycles. The first-order valence-electron chi connectivity index (χ1n) is 14.0. The van der Waals surface area contributed by atoms with Gasteiger partial charge in [-0.2, -0.15) is 0 Å². The summed E-state index contributed by atoms with van der Waals surface area (Å²) < 4.78 is 0. The minimum Gasteiger partial charge on any atom is -0.481 e. The van der Waals surface area contributed by atoms with Crippen LogP contribution >= 0.6 is 11.6 Å². The third kappa shape index (κ3) is 7.08. The molecule has 8 nitrogen and oxygen atoms in total. The molecule has 0 unspecified atom stereocenters. The molecule has 9 heteroatoms. The lowest BCUT2D eigenvalue weighted by molar-refractivity contribution is -0.137. The number of hydrogen-bond donors (Lipinski definition) is 2. The summed E-state index contributed by atoms with van der Waals surface area (Å²) in [4.78, 5) is 38.5. The van der Waals surface area contributed by atoms with E-state index in [0.717, 1.165) is 42.1 Å². The van der Waals surface area contributed by atoms with E-state index in [2.05, 4.69) is 17.0 Å². The maximum atomic E-state index is 13.5. The SMILES string of the molecule is NCc1ccccc1CN1CCN(C(=O)c2ccc3nc(-c4ccc(Cl)cc4)c(CCCCC(=O)O)nc3c2)CC1. The number of nitrogens with zero attached hydrogens (tertiary/aromatic N) is 4. The zero-order chi connectivity index (χ0) is 28.8. The van der Waals surface area contributed by atoms with Crippen LogP contribution < -0.4 is 5.73 Å². The molecule has 41 heavy (non-hydrogen) atoms. The van der Waals surface area contributed by atoms with Gasteiger partial charge in [0.2, 0.25) is 0 Å². The van der Waals surface area contributed by atoms with Gasteiger partial charge in [0.25, 0.3) is 5.91 Å². The van der Waals surface area contributed by atoms with Gasteiger partial charge in [0.1, 0.15) is 0 Å². The first kappa shape index (κ1) is 28.7. The Kier molecular flexibility index (Phi) is 9.24. The number of rotatable bonds is 10. The lowest BCUT2D eigenvalue weighted by Gasteiger charge is -2.35. The first-order valence-corrected chi connectivity index (χ1v) is 14.4. The number of benzene rings is 3. The number of piperazine rings is 1. The van der Waals surface area contributed by atoms with E-state index in [1.165, 1.54) is 5.56 Å². The smallest absolute Gasteiger partial charge is 0.303 e.